The average molecular weight is 236 g/mol. The van der Waals surface area contributed by atoms with Crippen molar-refractivity contribution < 1.29 is 4.74 Å². The third-order valence-corrected chi connectivity index (χ3v) is 2.88. The lowest BCUT2D eigenvalue weighted by Gasteiger charge is -2.39. The molecule has 0 aromatic carbocycles. The second-order valence-corrected chi connectivity index (χ2v) is 5.08. The lowest BCUT2D eigenvalue weighted by molar-refractivity contribution is 0.348. The SMILES string of the molecule is COc1cc(C)nc(N2CCNC(C)(C)C2)n1. The van der Waals surface area contributed by atoms with E-state index in [-0.39, 0.29) is 5.54 Å². The molecule has 5 nitrogen and oxygen atoms in total. The molecule has 5 heteroatoms. The van der Waals surface area contributed by atoms with Crippen LogP contribution in [0.4, 0.5) is 5.95 Å². The summed E-state index contributed by atoms with van der Waals surface area (Å²) in [6.45, 7) is 9.11. The van der Waals surface area contributed by atoms with Gasteiger partial charge in [0.15, 0.2) is 0 Å². The molecule has 0 amide bonds. The van der Waals surface area contributed by atoms with Crippen LogP contribution in [0.5, 0.6) is 5.88 Å². The summed E-state index contributed by atoms with van der Waals surface area (Å²) in [5.41, 5.74) is 1.03. The smallest absolute Gasteiger partial charge is 0.228 e. The van der Waals surface area contributed by atoms with Crippen LogP contribution in [0.25, 0.3) is 0 Å². The van der Waals surface area contributed by atoms with Gasteiger partial charge in [0, 0.05) is 36.9 Å². The first-order valence-electron chi connectivity index (χ1n) is 5.90. The van der Waals surface area contributed by atoms with Crippen LogP contribution in [0.2, 0.25) is 0 Å². The summed E-state index contributed by atoms with van der Waals surface area (Å²) >= 11 is 0. The fourth-order valence-corrected chi connectivity index (χ4v) is 2.08. The molecule has 1 aromatic heterocycles. The fraction of sp³-hybridized carbons (Fsp3) is 0.667. The predicted molar refractivity (Wildman–Crippen MR) is 67.6 cm³/mol. The molecular weight excluding hydrogens is 216 g/mol. The molecule has 1 aliphatic heterocycles. The molecule has 0 atom stereocenters. The number of methoxy groups -OCH3 is 1. The maximum absolute atomic E-state index is 5.19. The van der Waals surface area contributed by atoms with Gasteiger partial charge in [0.2, 0.25) is 11.8 Å². The summed E-state index contributed by atoms with van der Waals surface area (Å²) in [6, 6.07) is 1.84. The van der Waals surface area contributed by atoms with Gasteiger partial charge in [-0.2, -0.15) is 4.98 Å². The summed E-state index contributed by atoms with van der Waals surface area (Å²) in [4.78, 5) is 11.1. The second kappa shape index (κ2) is 4.49. The summed E-state index contributed by atoms with van der Waals surface area (Å²) in [6.07, 6.45) is 0. The van der Waals surface area contributed by atoms with Crippen LogP contribution in [-0.4, -0.2) is 42.3 Å². The van der Waals surface area contributed by atoms with E-state index in [9.17, 15) is 0 Å². The van der Waals surface area contributed by atoms with Crippen LogP contribution in [0.1, 0.15) is 19.5 Å². The van der Waals surface area contributed by atoms with Gasteiger partial charge in [-0.1, -0.05) is 0 Å². The maximum Gasteiger partial charge on any atom is 0.228 e. The van der Waals surface area contributed by atoms with Crippen LogP contribution in [-0.2, 0) is 0 Å². The van der Waals surface area contributed by atoms with Crippen molar-refractivity contribution in [1.29, 1.82) is 0 Å². The molecule has 0 saturated carbocycles. The minimum Gasteiger partial charge on any atom is -0.481 e. The number of nitrogens with zero attached hydrogens (tertiary/aromatic N) is 3. The van der Waals surface area contributed by atoms with Gasteiger partial charge in [-0.25, -0.2) is 4.98 Å². The Morgan fingerprint density at radius 1 is 1.41 bits per heavy atom. The van der Waals surface area contributed by atoms with Gasteiger partial charge in [0.05, 0.1) is 7.11 Å². The van der Waals surface area contributed by atoms with Crippen molar-refractivity contribution in [2.24, 2.45) is 0 Å². The maximum atomic E-state index is 5.19. The number of aromatic nitrogens is 2. The van der Waals surface area contributed by atoms with Crippen molar-refractivity contribution in [3.8, 4) is 5.88 Å². The molecule has 2 heterocycles. The van der Waals surface area contributed by atoms with Crippen molar-refractivity contribution in [2.75, 3.05) is 31.6 Å². The number of ether oxygens (including phenoxy) is 1. The van der Waals surface area contributed by atoms with Crippen molar-refractivity contribution >= 4 is 5.95 Å². The Bertz CT molecular complexity index is 405. The topological polar surface area (TPSA) is 50.3 Å². The Morgan fingerprint density at radius 2 is 2.18 bits per heavy atom. The normalized spacial score (nSPS) is 19.2. The number of hydrogen-bond acceptors (Lipinski definition) is 5. The fourth-order valence-electron chi connectivity index (χ4n) is 2.08. The van der Waals surface area contributed by atoms with Crippen molar-refractivity contribution in [3.05, 3.63) is 11.8 Å². The minimum atomic E-state index is 0.0958. The molecular formula is C12H20N4O. The number of nitrogens with one attached hydrogen (secondary N) is 1. The molecule has 1 N–H and O–H groups in total. The zero-order chi connectivity index (χ0) is 12.5. The van der Waals surface area contributed by atoms with E-state index in [1.807, 2.05) is 13.0 Å². The van der Waals surface area contributed by atoms with Gasteiger partial charge in [-0.3, -0.25) is 0 Å². The molecule has 0 bridgehead atoms. The number of piperazine rings is 1. The van der Waals surface area contributed by atoms with E-state index in [0.717, 1.165) is 31.3 Å². The van der Waals surface area contributed by atoms with Gasteiger partial charge >= 0.3 is 0 Å². The molecule has 1 saturated heterocycles. The van der Waals surface area contributed by atoms with E-state index in [1.165, 1.54) is 0 Å². The van der Waals surface area contributed by atoms with Crippen LogP contribution in [0.3, 0.4) is 0 Å². The van der Waals surface area contributed by atoms with Crippen molar-refractivity contribution in [1.82, 2.24) is 15.3 Å². The molecule has 0 unspecified atom stereocenters. The highest BCUT2D eigenvalue weighted by Gasteiger charge is 2.27. The Kier molecular flexibility index (Phi) is 3.19. The lowest BCUT2D eigenvalue weighted by atomic mass is 10.0. The summed E-state index contributed by atoms with van der Waals surface area (Å²) in [5, 5.41) is 3.47. The minimum absolute atomic E-state index is 0.0958. The second-order valence-electron chi connectivity index (χ2n) is 5.08. The highest BCUT2D eigenvalue weighted by Crippen LogP contribution is 2.19. The van der Waals surface area contributed by atoms with Gasteiger partial charge in [-0.15, -0.1) is 0 Å². The Hall–Kier alpha value is -1.36. The lowest BCUT2D eigenvalue weighted by Crippen LogP contribution is -2.57. The molecule has 0 radical (unpaired) electrons. The van der Waals surface area contributed by atoms with Crippen molar-refractivity contribution in [3.63, 3.8) is 0 Å². The zero-order valence-corrected chi connectivity index (χ0v) is 10.9. The van der Waals surface area contributed by atoms with Gasteiger partial charge in [0.25, 0.3) is 0 Å². The van der Waals surface area contributed by atoms with Gasteiger partial charge < -0.3 is 15.0 Å². The molecule has 94 valence electrons. The summed E-state index contributed by atoms with van der Waals surface area (Å²) in [7, 11) is 1.63. The third-order valence-electron chi connectivity index (χ3n) is 2.88. The van der Waals surface area contributed by atoms with Crippen LogP contribution < -0.4 is 15.0 Å². The van der Waals surface area contributed by atoms with Crippen molar-refractivity contribution in [2.45, 2.75) is 26.3 Å². The number of anilines is 1. The van der Waals surface area contributed by atoms with Crippen LogP contribution in [0, 0.1) is 6.92 Å². The Labute approximate surface area is 102 Å². The van der Waals surface area contributed by atoms with E-state index in [4.69, 9.17) is 4.74 Å². The monoisotopic (exact) mass is 236 g/mol. The van der Waals surface area contributed by atoms with E-state index in [2.05, 4.69) is 34.0 Å². The molecule has 0 spiro atoms. The van der Waals surface area contributed by atoms with E-state index in [0.29, 0.717) is 5.88 Å². The zero-order valence-electron chi connectivity index (χ0n) is 10.9. The number of hydrogen-bond donors (Lipinski definition) is 1. The predicted octanol–water partition coefficient (Wildman–Crippen LogP) is 0.982. The van der Waals surface area contributed by atoms with Gasteiger partial charge in [0.1, 0.15) is 0 Å². The summed E-state index contributed by atoms with van der Waals surface area (Å²) < 4.78 is 5.19. The summed E-state index contributed by atoms with van der Waals surface area (Å²) in [5.74, 6) is 1.39. The molecule has 2 rings (SSSR count). The molecule has 17 heavy (non-hydrogen) atoms. The molecule has 0 aliphatic carbocycles. The molecule has 1 aromatic rings. The first kappa shape index (κ1) is 12.1. The molecule has 1 aliphatic rings. The van der Waals surface area contributed by atoms with E-state index < -0.39 is 0 Å². The number of rotatable bonds is 2. The highest BCUT2D eigenvalue weighted by atomic mass is 16.5. The van der Waals surface area contributed by atoms with E-state index in [1.54, 1.807) is 7.11 Å². The first-order valence-corrected chi connectivity index (χ1v) is 5.90. The highest BCUT2D eigenvalue weighted by molar-refractivity contribution is 5.36. The van der Waals surface area contributed by atoms with Crippen LogP contribution >= 0.6 is 0 Å². The Morgan fingerprint density at radius 3 is 2.82 bits per heavy atom. The van der Waals surface area contributed by atoms with Crippen LogP contribution in [0.15, 0.2) is 6.07 Å². The average Bonchev–Trinajstić information content (AvgIpc) is 2.27. The standard InChI is InChI=1S/C12H20N4O/c1-9-7-10(17-4)15-11(14-9)16-6-5-13-12(2,3)8-16/h7,13H,5-6,8H2,1-4H3. The molecule has 1 fully saturated rings. The largest absolute Gasteiger partial charge is 0.481 e. The van der Waals surface area contributed by atoms with Gasteiger partial charge in [-0.05, 0) is 20.8 Å². The third kappa shape index (κ3) is 2.85. The quantitative estimate of drug-likeness (QED) is 0.829. The Balaban J connectivity index is 2.24. The number of aryl methyl sites for hydroxylation is 1. The van der Waals surface area contributed by atoms with E-state index >= 15 is 0 Å². The first-order chi connectivity index (χ1) is 8.00.